The zero-order chi connectivity index (χ0) is 8.15. The Morgan fingerprint density at radius 2 is 2.10 bits per heavy atom. The van der Waals surface area contributed by atoms with Crippen molar-refractivity contribution in [2.75, 3.05) is 6.61 Å². The van der Waals surface area contributed by atoms with E-state index in [2.05, 4.69) is 4.74 Å². The van der Waals surface area contributed by atoms with Crippen molar-refractivity contribution in [2.24, 2.45) is 5.92 Å². The fourth-order valence-electron chi connectivity index (χ4n) is 0.395. The molecule has 3 heteroatoms. The van der Waals surface area contributed by atoms with Gasteiger partial charge in [0.2, 0.25) is 0 Å². The summed E-state index contributed by atoms with van der Waals surface area (Å²) >= 11 is 0. The fraction of sp³-hybridized carbons (Fsp3) is 0.857. The van der Waals surface area contributed by atoms with E-state index in [4.69, 9.17) is 5.11 Å². The van der Waals surface area contributed by atoms with E-state index in [1.807, 2.05) is 13.8 Å². The highest BCUT2D eigenvalue weighted by atomic mass is 16.5. The van der Waals surface area contributed by atoms with Crippen LogP contribution in [0.2, 0.25) is 0 Å². The van der Waals surface area contributed by atoms with E-state index < -0.39 is 6.10 Å². The first kappa shape index (κ1) is 9.43. The van der Waals surface area contributed by atoms with Crippen LogP contribution in [0.4, 0.5) is 0 Å². The van der Waals surface area contributed by atoms with Gasteiger partial charge in [-0.1, -0.05) is 13.8 Å². The number of aliphatic hydroxyl groups excluding tert-OH is 1. The number of carbonyl (C=O) groups excluding carboxylic acids is 1. The molecule has 0 aromatic rings. The molecule has 3 nitrogen and oxygen atoms in total. The number of ether oxygens (including phenoxy) is 1. The maximum atomic E-state index is 10.2. The van der Waals surface area contributed by atoms with Gasteiger partial charge in [0.25, 0.3) is 0 Å². The first-order valence-electron chi connectivity index (χ1n) is 3.35. The largest absolute Gasteiger partial charge is 0.463 e. The molecule has 1 atom stereocenters. The van der Waals surface area contributed by atoms with Gasteiger partial charge in [0.05, 0.1) is 6.10 Å². The Labute approximate surface area is 61.0 Å². The molecule has 0 rings (SSSR count). The molecule has 60 valence electrons. The lowest BCUT2D eigenvalue weighted by atomic mass is 10.1. The molecular formula is C7H14O3. The maximum Gasteiger partial charge on any atom is 0.302 e. The molecule has 0 aliphatic heterocycles. The van der Waals surface area contributed by atoms with Crippen LogP contribution in [0.15, 0.2) is 0 Å². The molecule has 0 aliphatic carbocycles. The van der Waals surface area contributed by atoms with Crippen LogP contribution in [0.3, 0.4) is 0 Å². The zero-order valence-corrected chi connectivity index (χ0v) is 6.63. The Balaban J connectivity index is 3.39. The standard InChI is InChI=1S/C7H14O3/c1-5(2)7(9)4-10-6(3)8/h5,7,9H,4H2,1-3H3. The van der Waals surface area contributed by atoms with Crippen molar-refractivity contribution in [3.63, 3.8) is 0 Å². The van der Waals surface area contributed by atoms with Gasteiger partial charge in [-0.15, -0.1) is 0 Å². The molecule has 0 saturated carbocycles. The normalized spacial score (nSPS) is 13.3. The molecular weight excluding hydrogens is 132 g/mol. The monoisotopic (exact) mass is 146 g/mol. The molecule has 0 radical (unpaired) electrons. The molecule has 1 unspecified atom stereocenters. The number of hydrogen-bond acceptors (Lipinski definition) is 3. The topological polar surface area (TPSA) is 46.5 Å². The second-order valence-electron chi connectivity index (χ2n) is 2.61. The van der Waals surface area contributed by atoms with Crippen LogP contribution in [0.1, 0.15) is 20.8 Å². The molecule has 0 saturated heterocycles. The fourth-order valence-corrected chi connectivity index (χ4v) is 0.395. The highest BCUT2D eigenvalue weighted by Gasteiger charge is 2.09. The van der Waals surface area contributed by atoms with Gasteiger partial charge < -0.3 is 9.84 Å². The lowest BCUT2D eigenvalue weighted by Gasteiger charge is -2.12. The van der Waals surface area contributed by atoms with Gasteiger partial charge in [-0.25, -0.2) is 0 Å². The molecule has 10 heavy (non-hydrogen) atoms. The van der Waals surface area contributed by atoms with E-state index >= 15 is 0 Å². The van der Waals surface area contributed by atoms with E-state index in [0.717, 1.165) is 0 Å². The van der Waals surface area contributed by atoms with Crippen molar-refractivity contribution in [2.45, 2.75) is 26.9 Å². The Hall–Kier alpha value is -0.570. The third-order valence-corrected chi connectivity index (χ3v) is 1.23. The summed E-state index contributed by atoms with van der Waals surface area (Å²) in [6.45, 7) is 5.17. The number of aliphatic hydroxyl groups is 1. The van der Waals surface area contributed by atoms with E-state index in [-0.39, 0.29) is 18.5 Å². The van der Waals surface area contributed by atoms with Crippen LogP contribution in [0.5, 0.6) is 0 Å². The minimum Gasteiger partial charge on any atom is -0.463 e. The van der Waals surface area contributed by atoms with E-state index in [1.165, 1.54) is 6.92 Å². The van der Waals surface area contributed by atoms with Gasteiger partial charge in [0, 0.05) is 6.92 Å². The molecule has 0 bridgehead atoms. The quantitative estimate of drug-likeness (QED) is 0.592. The highest BCUT2D eigenvalue weighted by molar-refractivity contribution is 5.65. The van der Waals surface area contributed by atoms with Gasteiger partial charge in [-0.05, 0) is 5.92 Å². The van der Waals surface area contributed by atoms with Gasteiger partial charge >= 0.3 is 5.97 Å². The Kier molecular flexibility index (Phi) is 4.03. The summed E-state index contributed by atoms with van der Waals surface area (Å²) in [5.41, 5.74) is 0. The van der Waals surface area contributed by atoms with Crippen LogP contribution >= 0.6 is 0 Å². The van der Waals surface area contributed by atoms with Crippen molar-refractivity contribution < 1.29 is 14.6 Å². The molecule has 0 aliphatic rings. The summed E-state index contributed by atoms with van der Waals surface area (Å²) in [7, 11) is 0. The summed E-state index contributed by atoms with van der Waals surface area (Å²) in [5, 5.41) is 9.10. The van der Waals surface area contributed by atoms with Crippen LogP contribution in [-0.2, 0) is 9.53 Å². The van der Waals surface area contributed by atoms with Crippen molar-refractivity contribution in [3.05, 3.63) is 0 Å². The number of carbonyl (C=O) groups is 1. The number of hydrogen-bond donors (Lipinski definition) is 1. The van der Waals surface area contributed by atoms with Crippen LogP contribution in [0, 0.1) is 5.92 Å². The molecule has 1 N–H and O–H groups in total. The van der Waals surface area contributed by atoms with Gasteiger partial charge in [0.1, 0.15) is 6.61 Å². The first-order chi connectivity index (χ1) is 4.54. The summed E-state index contributed by atoms with van der Waals surface area (Å²) in [6, 6.07) is 0. The molecule has 0 fully saturated rings. The maximum absolute atomic E-state index is 10.2. The SMILES string of the molecule is CC(=O)OCC(O)C(C)C. The van der Waals surface area contributed by atoms with E-state index in [9.17, 15) is 4.79 Å². The van der Waals surface area contributed by atoms with Crippen molar-refractivity contribution >= 4 is 5.97 Å². The number of rotatable bonds is 3. The van der Waals surface area contributed by atoms with Crippen molar-refractivity contribution in [1.29, 1.82) is 0 Å². The Morgan fingerprint density at radius 1 is 1.60 bits per heavy atom. The predicted octanol–water partition coefficient (Wildman–Crippen LogP) is 0.566. The highest BCUT2D eigenvalue weighted by Crippen LogP contribution is 2.00. The third kappa shape index (κ3) is 4.32. The molecule has 0 spiro atoms. The lowest BCUT2D eigenvalue weighted by molar-refractivity contribution is -0.144. The molecule has 0 heterocycles. The smallest absolute Gasteiger partial charge is 0.302 e. The number of esters is 1. The third-order valence-electron chi connectivity index (χ3n) is 1.23. The predicted molar refractivity (Wildman–Crippen MR) is 37.5 cm³/mol. The van der Waals surface area contributed by atoms with Crippen molar-refractivity contribution in [1.82, 2.24) is 0 Å². The van der Waals surface area contributed by atoms with Gasteiger partial charge in [0.15, 0.2) is 0 Å². The molecule has 0 amide bonds. The summed E-state index contributed by atoms with van der Waals surface area (Å²) < 4.78 is 4.58. The van der Waals surface area contributed by atoms with Gasteiger partial charge in [-0.3, -0.25) is 4.79 Å². The second-order valence-corrected chi connectivity index (χ2v) is 2.61. The Bertz CT molecular complexity index is 109. The lowest BCUT2D eigenvalue weighted by Crippen LogP contribution is -2.22. The van der Waals surface area contributed by atoms with Crippen molar-refractivity contribution in [3.8, 4) is 0 Å². The second kappa shape index (κ2) is 4.28. The first-order valence-corrected chi connectivity index (χ1v) is 3.35. The minimum absolute atomic E-state index is 0.104. The van der Waals surface area contributed by atoms with Crippen LogP contribution in [0.25, 0.3) is 0 Å². The summed E-state index contributed by atoms with van der Waals surface area (Å²) in [5.74, 6) is -0.209. The minimum atomic E-state index is -0.538. The van der Waals surface area contributed by atoms with Crippen LogP contribution < -0.4 is 0 Å². The molecule has 0 aromatic carbocycles. The zero-order valence-electron chi connectivity index (χ0n) is 6.63. The summed E-state index contributed by atoms with van der Waals surface area (Å²) in [6.07, 6.45) is -0.538. The van der Waals surface area contributed by atoms with Crippen LogP contribution in [-0.4, -0.2) is 23.8 Å². The molecule has 0 aromatic heterocycles. The Morgan fingerprint density at radius 3 is 2.40 bits per heavy atom. The van der Waals surface area contributed by atoms with E-state index in [0.29, 0.717) is 0 Å². The average Bonchev–Trinajstić information content (AvgIpc) is 1.82. The van der Waals surface area contributed by atoms with E-state index in [1.54, 1.807) is 0 Å². The van der Waals surface area contributed by atoms with Gasteiger partial charge in [-0.2, -0.15) is 0 Å². The summed E-state index contributed by atoms with van der Waals surface area (Å²) in [4.78, 5) is 10.2. The average molecular weight is 146 g/mol.